The summed E-state index contributed by atoms with van der Waals surface area (Å²) in [7, 11) is 0. The fourth-order valence-electron chi connectivity index (χ4n) is 3.28. The third kappa shape index (κ3) is 10.6. The van der Waals surface area contributed by atoms with E-state index in [1.165, 1.54) is 62.8 Å². The minimum absolute atomic E-state index is 0. The van der Waals surface area contributed by atoms with E-state index in [-0.39, 0.29) is 16.5 Å². The van der Waals surface area contributed by atoms with Crippen LogP contribution in [0.4, 0.5) is 11.4 Å². The number of para-hydroxylation sites is 2. The normalized spacial score (nSPS) is 11.9. The fourth-order valence-corrected chi connectivity index (χ4v) is 3.28. The van der Waals surface area contributed by atoms with Crippen LogP contribution >= 0.6 is 0 Å². The van der Waals surface area contributed by atoms with Crippen LogP contribution in [0.3, 0.4) is 0 Å². The maximum atomic E-state index is 5.04. The van der Waals surface area contributed by atoms with Crippen molar-refractivity contribution in [3.63, 3.8) is 0 Å². The van der Waals surface area contributed by atoms with Gasteiger partial charge in [-0.05, 0) is 49.9 Å². The number of hydrogen-bond acceptors (Lipinski definition) is 2. The molecule has 0 fully saturated rings. The van der Waals surface area contributed by atoms with E-state index in [1.54, 1.807) is 0 Å². The van der Waals surface area contributed by atoms with Crippen LogP contribution in [0.2, 0.25) is 0 Å². The van der Waals surface area contributed by atoms with Crippen molar-refractivity contribution in [1.29, 1.82) is 0 Å². The molecule has 0 aliphatic carbocycles. The molecular weight excluding hydrogens is 399 g/mol. The summed E-state index contributed by atoms with van der Waals surface area (Å²) in [6, 6.07) is 20.7. The van der Waals surface area contributed by atoms with Crippen LogP contribution in [0, 0.1) is 0 Å². The summed E-state index contributed by atoms with van der Waals surface area (Å²) in [6.07, 6.45) is 12.0. The van der Waals surface area contributed by atoms with Crippen LogP contribution in [0.25, 0.3) is 0 Å². The van der Waals surface area contributed by atoms with Gasteiger partial charge in [0, 0.05) is 16.5 Å². The quantitative estimate of drug-likeness (QED) is 0.171. The second-order valence-electron chi connectivity index (χ2n) is 7.41. The Kier molecular flexibility index (Phi) is 14.1. The van der Waals surface area contributed by atoms with Gasteiger partial charge in [0.25, 0.3) is 0 Å². The minimum atomic E-state index is 0. The molecule has 160 valence electrons. The summed E-state index contributed by atoms with van der Waals surface area (Å²) in [5, 5.41) is 0. The molecule has 0 spiro atoms. The summed E-state index contributed by atoms with van der Waals surface area (Å²) in [6.45, 7) is 4.52. The van der Waals surface area contributed by atoms with Gasteiger partial charge in [-0.25, -0.2) is 0 Å². The number of aliphatic imine (C=N–C) groups is 2. The molecule has 0 aromatic heterocycles. The van der Waals surface area contributed by atoms with Crippen LogP contribution in [0.15, 0.2) is 70.6 Å². The summed E-state index contributed by atoms with van der Waals surface area (Å²) in [5.74, 6) is 0. The molecule has 0 heterocycles. The first-order valence-corrected chi connectivity index (χ1v) is 11.1. The molecule has 2 rings (SSSR count). The third-order valence-corrected chi connectivity index (χ3v) is 4.91. The molecule has 0 amide bonds. The number of hydrogen-bond donors (Lipinski definition) is 0. The molecular formula is C26H36N2Ni. The van der Waals surface area contributed by atoms with Crippen molar-refractivity contribution >= 4 is 22.8 Å². The van der Waals surface area contributed by atoms with Gasteiger partial charge in [0.05, 0.1) is 22.8 Å². The molecule has 2 aromatic rings. The van der Waals surface area contributed by atoms with E-state index in [0.717, 1.165) is 24.2 Å². The Balaban J connectivity index is 0.00000420. The predicted molar refractivity (Wildman–Crippen MR) is 125 cm³/mol. The Morgan fingerprint density at radius 2 is 0.931 bits per heavy atom. The van der Waals surface area contributed by atoms with Crippen molar-refractivity contribution in [2.75, 3.05) is 0 Å². The van der Waals surface area contributed by atoms with Gasteiger partial charge in [-0.3, -0.25) is 9.98 Å². The molecule has 3 heteroatoms. The van der Waals surface area contributed by atoms with E-state index in [9.17, 15) is 0 Å². The second kappa shape index (κ2) is 16.1. The van der Waals surface area contributed by atoms with Gasteiger partial charge < -0.3 is 0 Å². The summed E-state index contributed by atoms with van der Waals surface area (Å²) >= 11 is 0. The van der Waals surface area contributed by atoms with Gasteiger partial charge in [0.2, 0.25) is 0 Å². The Labute approximate surface area is 187 Å². The molecule has 0 bridgehead atoms. The number of rotatable bonds is 13. The topological polar surface area (TPSA) is 24.7 Å². The monoisotopic (exact) mass is 434 g/mol. The first-order valence-electron chi connectivity index (χ1n) is 11.1. The van der Waals surface area contributed by atoms with Gasteiger partial charge in [-0.2, -0.15) is 0 Å². The smallest absolute Gasteiger partial charge is 0.0633 e. The fraction of sp³-hybridized carbons (Fsp3) is 0.462. The van der Waals surface area contributed by atoms with Gasteiger partial charge >= 0.3 is 0 Å². The Morgan fingerprint density at radius 1 is 0.552 bits per heavy atom. The Bertz CT molecular complexity index is 645. The molecule has 2 aromatic carbocycles. The van der Waals surface area contributed by atoms with E-state index in [2.05, 4.69) is 62.4 Å². The van der Waals surface area contributed by atoms with Crippen molar-refractivity contribution in [3.05, 3.63) is 60.7 Å². The number of nitrogens with zero attached hydrogens (tertiary/aromatic N) is 2. The van der Waals surface area contributed by atoms with Crippen molar-refractivity contribution in [3.8, 4) is 0 Å². The van der Waals surface area contributed by atoms with E-state index in [0.29, 0.717) is 0 Å². The Morgan fingerprint density at radius 3 is 1.28 bits per heavy atom. The molecule has 0 saturated heterocycles. The van der Waals surface area contributed by atoms with Gasteiger partial charge in [0.15, 0.2) is 0 Å². The van der Waals surface area contributed by atoms with Crippen molar-refractivity contribution < 1.29 is 16.5 Å². The van der Waals surface area contributed by atoms with E-state index in [4.69, 9.17) is 9.98 Å². The zero-order chi connectivity index (χ0) is 19.9. The van der Waals surface area contributed by atoms with Crippen LogP contribution < -0.4 is 0 Å². The summed E-state index contributed by atoms with van der Waals surface area (Å²) in [5.41, 5.74) is 4.40. The van der Waals surface area contributed by atoms with Crippen LogP contribution in [-0.4, -0.2) is 11.4 Å². The molecule has 0 aliphatic rings. The molecule has 0 N–H and O–H groups in total. The van der Waals surface area contributed by atoms with Crippen LogP contribution in [0.5, 0.6) is 0 Å². The van der Waals surface area contributed by atoms with Gasteiger partial charge in [-0.15, -0.1) is 0 Å². The number of benzene rings is 2. The molecule has 2 nitrogen and oxygen atoms in total. The first-order chi connectivity index (χ1) is 13.8. The number of unbranched alkanes of at least 4 members (excludes halogenated alkanes) is 6. The standard InChI is InChI=1S/C26H36N2.Ni/c1-3-5-7-15-21-25(27-23-17-11-9-12-18-23)26(22-16-8-6-4-2)28-24-19-13-10-14-20-24;/h9-14,17-20H,3-8,15-16,21-22H2,1-2H3;. The van der Waals surface area contributed by atoms with Crippen LogP contribution in [0.1, 0.15) is 78.1 Å². The van der Waals surface area contributed by atoms with Crippen molar-refractivity contribution in [1.82, 2.24) is 0 Å². The van der Waals surface area contributed by atoms with Gasteiger partial charge in [0.1, 0.15) is 0 Å². The second-order valence-corrected chi connectivity index (χ2v) is 7.41. The van der Waals surface area contributed by atoms with Crippen molar-refractivity contribution in [2.24, 2.45) is 9.98 Å². The minimum Gasteiger partial charge on any atom is -0.252 e. The molecule has 0 radical (unpaired) electrons. The van der Waals surface area contributed by atoms with E-state index in [1.807, 2.05) is 12.1 Å². The summed E-state index contributed by atoms with van der Waals surface area (Å²) in [4.78, 5) is 10.1. The Hall–Kier alpha value is -1.73. The van der Waals surface area contributed by atoms with Gasteiger partial charge in [-0.1, -0.05) is 88.8 Å². The maximum absolute atomic E-state index is 5.04. The van der Waals surface area contributed by atoms with E-state index < -0.39 is 0 Å². The molecule has 0 aliphatic heterocycles. The van der Waals surface area contributed by atoms with Crippen molar-refractivity contribution in [2.45, 2.75) is 78.1 Å². The molecule has 0 saturated carbocycles. The third-order valence-electron chi connectivity index (χ3n) is 4.91. The molecule has 0 atom stereocenters. The zero-order valence-corrected chi connectivity index (χ0v) is 19.0. The predicted octanol–water partition coefficient (Wildman–Crippen LogP) is 8.47. The summed E-state index contributed by atoms with van der Waals surface area (Å²) < 4.78 is 0. The molecule has 0 unspecified atom stereocenters. The average Bonchev–Trinajstić information content (AvgIpc) is 2.74. The SMILES string of the molecule is CCCCCCC(=Nc1ccccc1)C(CCCCCC)=Nc1ccccc1.[Ni]. The van der Waals surface area contributed by atoms with Crippen LogP contribution in [-0.2, 0) is 16.5 Å². The molecule has 29 heavy (non-hydrogen) atoms. The first kappa shape index (κ1) is 25.3. The largest absolute Gasteiger partial charge is 0.252 e. The maximum Gasteiger partial charge on any atom is 0.0633 e. The zero-order valence-electron chi connectivity index (χ0n) is 18.1. The van der Waals surface area contributed by atoms with E-state index >= 15 is 0 Å². The average molecular weight is 435 g/mol.